The van der Waals surface area contributed by atoms with E-state index in [1.54, 1.807) is 55.5 Å². The molecule has 224 valence electrons. The van der Waals surface area contributed by atoms with Crippen molar-refractivity contribution in [1.29, 1.82) is 0 Å². The van der Waals surface area contributed by atoms with Crippen molar-refractivity contribution in [2.24, 2.45) is 0 Å². The molecule has 0 aliphatic carbocycles. The highest BCUT2D eigenvalue weighted by molar-refractivity contribution is 7.89. The molecule has 0 radical (unpaired) electrons. The minimum atomic E-state index is -4.36. The van der Waals surface area contributed by atoms with Crippen molar-refractivity contribution >= 4 is 41.5 Å². The Kier molecular flexibility index (Phi) is 10.3. The van der Waals surface area contributed by atoms with Gasteiger partial charge in [0.05, 0.1) is 31.4 Å². The molecule has 2 N–H and O–H groups in total. The van der Waals surface area contributed by atoms with Crippen LogP contribution >= 0.6 is 23.2 Å². The van der Waals surface area contributed by atoms with Gasteiger partial charge in [0.25, 0.3) is 0 Å². The zero-order chi connectivity index (χ0) is 30.8. The van der Waals surface area contributed by atoms with Gasteiger partial charge < -0.3 is 19.0 Å². The van der Waals surface area contributed by atoms with Crippen molar-refractivity contribution in [3.05, 3.63) is 87.9 Å². The van der Waals surface area contributed by atoms with Gasteiger partial charge in [0.2, 0.25) is 10.0 Å². The molecule has 7 nitrogen and oxygen atoms in total. The lowest BCUT2D eigenvalue weighted by Gasteiger charge is -2.45. The van der Waals surface area contributed by atoms with Crippen molar-refractivity contribution < 1.29 is 27.4 Å². The second kappa shape index (κ2) is 12.6. The van der Waals surface area contributed by atoms with Gasteiger partial charge >= 0.3 is 0 Å². The smallest absolute Gasteiger partial charge is 0.242 e. The molecule has 3 rings (SSSR count). The van der Waals surface area contributed by atoms with Gasteiger partial charge in [0.15, 0.2) is 8.32 Å². The maximum Gasteiger partial charge on any atom is 0.242 e. The Morgan fingerprint density at radius 3 is 1.83 bits per heavy atom. The van der Waals surface area contributed by atoms with Crippen LogP contribution in [0.4, 0.5) is 0 Å². The molecule has 0 amide bonds. The van der Waals surface area contributed by atoms with Crippen LogP contribution in [0.5, 0.6) is 11.5 Å². The summed E-state index contributed by atoms with van der Waals surface area (Å²) >= 11 is 12.5. The van der Waals surface area contributed by atoms with Crippen molar-refractivity contribution in [1.82, 2.24) is 4.72 Å². The van der Waals surface area contributed by atoms with Gasteiger partial charge in [0, 0.05) is 16.1 Å². The van der Waals surface area contributed by atoms with E-state index in [1.165, 1.54) is 32.4 Å². The van der Waals surface area contributed by atoms with E-state index in [1.807, 2.05) is 0 Å². The minimum Gasteiger partial charge on any atom is -0.496 e. The van der Waals surface area contributed by atoms with E-state index < -0.39 is 36.1 Å². The predicted octanol–water partition coefficient (Wildman–Crippen LogP) is 7.00. The largest absolute Gasteiger partial charge is 0.496 e. The Morgan fingerprint density at radius 2 is 1.37 bits per heavy atom. The van der Waals surface area contributed by atoms with Crippen LogP contribution in [0.2, 0.25) is 28.2 Å². The molecule has 0 fully saturated rings. The summed E-state index contributed by atoms with van der Waals surface area (Å²) < 4.78 is 48.9. The monoisotopic (exact) mass is 639 g/mol. The molecule has 0 saturated heterocycles. The van der Waals surface area contributed by atoms with Crippen LogP contribution in [-0.4, -0.2) is 48.2 Å². The highest BCUT2D eigenvalue weighted by Crippen LogP contribution is 2.46. The summed E-state index contributed by atoms with van der Waals surface area (Å²) in [7, 11) is -3.87. The lowest BCUT2D eigenvalue weighted by atomic mass is 9.77. The fraction of sp³-hybridized carbons (Fsp3) is 0.400. The van der Waals surface area contributed by atoms with Crippen LogP contribution in [0.3, 0.4) is 0 Å². The first-order valence-electron chi connectivity index (χ1n) is 13.1. The Balaban J connectivity index is 2.38. The van der Waals surface area contributed by atoms with Crippen molar-refractivity contribution in [2.45, 2.75) is 68.5 Å². The molecule has 3 aromatic carbocycles. The Bertz CT molecular complexity index is 1430. The Morgan fingerprint density at radius 1 is 0.878 bits per heavy atom. The second-order valence-electron chi connectivity index (χ2n) is 11.4. The predicted molar refractivity (Wildman–Crippen MR) is 167 cm³/mol. The number of benzene rings is 3. The standard InChI is InChI=1S/C30H39Cl2NO6SSi/c1-20(39-41(7,8)29(2,3)4)28(33-40(35,36)27-19-21(31)17-18-24(27)32)30(34,22-13-9-11-15-25(22)37-5)23-14-10-12-16-26(23)38-6/h9-20,28,33-34H,1-8H3. The number of halogens is 2. The summed E-state index contributed by atoms with van der Waals surface area (Å²) in [5.74, 6) is 0.704. The number of ether oxygens (including phenoxy) is 2. The third kappa shape index (κ3) is 6.93. The molecular weight excluding hydrogens is 601 g/mol. The zero-order valence-corrected chi connectivity index (χ0v) is 28.0. The van der Waals surface area contributed by atoms with Gasteiger partial charge in [-0.2, -0.15) is 0 Å². The zero-order valence-electron chi connectivity index (χ0n) is 24.7. The molecule has 0 bridgehead atoms. The number of rotatable bonds is 11. The average molecular weight is 641 g/mol. The number of sulfonamides is 1. The van der Waals surface area contributed by atoms with Crippen LogP contribution in [0.1, 0.15) is 38.8 Å². The number of nitrogens with one attached hydrogen (secondary N) is 1. The van der Waals surface area contributed by atoms with E-state index in [2.05, 4.69) is 38.6 Å². The SMILES string of the molecule is COc1ccccc1C(O)(c1ccccc1OC)C(NS(=O)(=O)c1cc(Cl)ccc1Cl)C(C)O[Si](C)(C)C(C)(C)C. The molecule has 0 aliphatic rings. The van der Waals surface area contributed by atoms with Crippen LogP contribution in [0.15, 0.2) is 71.6 Å². The van der Waals surface area contributed by atoms with Crippen molar-refractivity contribution in [3.8, 4) is 11.5 Å². The topological polar surface area (TPSA) is 94.1 Å². The van der Waals surface area contributed by atoms with Crippen LogP contribution in [0, 0.1) is 0 Å². The normalized spacial score (nSPS) is 14.4. The number of methoxy groups -OCH3 is 2. The summed E-state index contributed by atoms with van der Waals surface area (Å²) in [6.45, 7) is 12.1. The van der Waals surface area contributed by atoms with Gasteiger partial charge in [-0.05, 0) is 55.4 Å². The van der Waals surface area contributed by atoms with E-state index in [0.29, 0.717) is 22.6 Å². The fourth-order valence-corrected chi connectivity index (χ4v) is 8.05. The van der Waals surface area contributed by atoms with Gasteiger partial charge in [-0.15, -0.1) is 0 Å². The molecule has 11 heteroatoms. The molecular formula is C30H39Cl2NO6SSi. The third-order valence-corrected chi connectivity index (χ3v) is 14.4. The summed E-state index contributed by atoms with van der Waals surface area (Å²) in [6.07, 6.45) is -0.844. The van der Waals surface area contributed by atoms with Crippen molar-refractivity contribution in [2.75, 3.05) is 14.2 Å². The third-order valence-electron chi connectivity index (χ3n) is 7.71. The van der Waals surface area contributed by atoms with E-state index in [-0.39, 0.29) is 20.0 Å². The molecule has 0 aromatic heterocycles. The summed E-state index contributed by atoms with van der Waals surface area (Å²) in [6, 6.07) is 16.7. The van der Waals surface area contributed by atoms with Gasteiger partial charge in [0.1, 0.15) is 22.0 Å². The first-order chi connectivity index (χ1) is 19.0. The highest BCUT2D eigenvalue weighted by Gasteiger charge is 2.51. The van der Waals surface area contributed by atoms with E-state index >= 15 is 0 Å². The summed E-state index contributed by atoms with van der Waals surface area (Å²) in [5, 5.41) is 13.0. The van der Waals surface area contributed by atoms with E-state index in [4.69, 9.17) is 37.1 Å². The summed E-state index contributed by atoms with van der Waals surface area (Å²) in [4.78, 5) is -0.224. The van der Waals surface area contributed by atoms with E-state index in [0.717, 1.165) is 0 Å². The lowest BCUT2D eigenvalue weighted by Crippen LogP contribution is -2.60. The number of hydrogen-bond donors (Lipinski definition) is 2. The van der Waals surface area contributed by atoms with E-state index in [9.17, 15) is 13.5 Å². The van der Waals surface area contributed by atoms with Gasteiger partial charge in [-0.3, -0.25) is 0 Å². The number of hydrogen-bond acceptors (Lipinski definition) is 6. The molecule has 0 spiro atoms. The Labute approximate surface area is 254 Å². The maximum absolute atomic E-state index is 14.0. The summed E-state index contributed by atoms with van der Waals surface area (Å²) in [5.41, 5.74) is -1.40. The minimum absolute atomic E-state index is 0.0169. The van der Waals surface area contributed by atoms with Crippen LogP contribution in [-0.2, 0) is 20.1 Å². The quantitative estimate of drug-likeness (QED) is 0.219. The molecule has 0 heterocycles. The van der Waals surface area contributed by atoms with Crippen LogP contribution in [0.25, 0.3) is 0 Å². The van der Waals surface area contributed by atoms with Gasteiger partial charge in [-0.1, -0.05) is 80.4 Å². The lowest BCUT2D eigenvalue weighted by molar-refractivity contribution is -0.00565. The molecule has 0 aliphatic heterocycles. The first kappa shape index (κ1) is 33.4. The first-order valence-corrected chi connectivity index (χ1v) is 18.3. The number of para-hydroxylation sites is 2. The molecule has 3 aromatic rings. The number of aliphatic hydroxyl groups is 1. The van der Waals surface area contributed by atoms with Crippen molar-refractivity contribution in [3.63, 3.8) is 0 Å². The molecule has 0 saturated carbocycles. The second-order valence-corrected chi connectivity index (χ2v) is 18.7. The van der Waals surface area contributed by atoms with Crippen LogP contribution < -0.4 is 14.2 Å². The molecule has 2 atom stereocenters. The van der Waals surface area contributed by atoms with Gasteiger partial charge in [-0.25, -0.2) is 13.1 Å². The molecule has 41 heavy (non-hydrogen) atoms. The maximum atomic E-state index is 14.0. The Hall–Kier alpha value is -2.11. The molecule has 2 unspecified atom stereocenters. The average Bonchev–Trinajstić information content (AvgIpc) is 2.91. The highest BCUT2D eigenvalue weighted by atomic mass is 35.5. The fourth-order valence-electron chi connectivity index (χ4n) is 4.54.